The third kappa shape index (κ3) is 4.37. The number of rotatable bonds is 4. The molecule has 55 heavy (non-hydrogen) atoms. The number of fused-ring (bicyclic) bond motifs is 11. The summed E-state index contributed by atoms with van der Waals surface area (Å²) in [4.78, 5) is 0. The minimum absolute atomic E-state index is 0.0942. The average Bonchev–Trinajstić information content (AvgIpc) is 3.84. The summed E-state index contributed by atoms with van der Waals surface area (Å²) in [5.41, 5.74) is 19.2. The first kappa shape index (κ1) is 31.0. The zero-order valence-electron chi connectivity index (χ0n) is 30.7. The summed E-state index contributed by atoms with van der Waals surface area (Å²) in [7, 11) is 0.855. The number of hydrogen-bond acceptors (Lipinski definition) is 2. The van der Waals surface area contributed by atoms with E-state index in [1.54, 1.807) is 0 Å². The van der Waals surface area contributed by atoms with E-state index in [2.05, 4.69) is 188 Å². The van der Waals surface area contributed by atoms with Crippen LogP contribution in [0.1, 0.15) is 25.0 Å². The zero-order valence-corrected chi connectivity index (χ0v) is 31.5. The third-order valence-electron chi connectivity index (χ3n) is 12.4. The van der Waals surface area contributed by atoms with E-state index in [9.17, 15) is 0 Å². The molecule has 0 saturated carbocycles. The smallest absolute Gasteiger partial charge is 0.198 e. The lowest BCUT2D eigenvalue weighted by atomic mass is 9.58. The largest absolute Gasteiger partial charge is 0.355 e. The van der Waals surface area contributed by atoms with Crippen LogP contribution in [0.25, 0.3) is 81.0 Å². The van der Waals surface area contributed by atoms with Gasteiger partial charge in [-0.15, -0.1) is 11.3 Å². The second-order valence-corrected chi connectivity index (χ2v) is 16.8. The first-order chi connectivity index (χ1) is 27.0. The fourth-order valence-electron chi connectivity index (χ4n) is 9.84. The Kier molecular flexibility index (Phi) is 6.40. The van der Waals surface area contributed by atoms with Crippen LogP contribution in [-0.2, 0) is 5.41 Å². The molecule has 3 heterocycles. The maximum atomic E-state index is 3.80. The zero-order chi connectivity index (χ0) is 36.4. The van der Waals surface area contributed by atoms with Gasteiger partial charge in [0.15, 0.2) is 7.28 Å². The second kappa shape index (κ2) is 11.3. The van der Waals surface area contributed by atoms with Crippen molar-refractivity contribution in [1.82, 2.24) is 4.57 Å². The summed E-state index contributed by atoms with van der Waals surface area (Å²) in [6.45, 7) is 4.76. The predicted octanol–water partition coefficient (Wildman–Crippen LogP) is 12.2. The monoisotopic (exact) mass is 718 g/mol. The van der Waals surface area contributed by atoms with Gasteiger partial charge in [0.1, 0.15) is 0 Å². The number of thiophene rings is 1. The number of anilines is 2. The number of aromatic nitrogens is 1. The van der Waals surface area contributed by atoms with E-state index in [0.717, 1.165) is 18.7 Å². The molecular formula is C51H35BN2S. The molecule has 2 nitrogen and oxygen atoms in total. The molecule has 0 saturated heterocycles. The SMILES string of the molecule is CC1(C)c2ccccc2-c2ccc(-c3cc(-c4ccccc4Nc4ccccc4)c4c5c3c3ccccc3n5-c3cc5c(cc3B4)sc3ccccc35)cc21. The summed E-state index contributed by atoms with van der Waals surface area (Å²) in [5.74, 6) is 0. The summed E-state index contributed by atoms with van der Waals surface area (Å²) >= 11 is 1.90. The van der Waals surface area contributed by atoms with E-state index in [0.29, 0.717) is 0 Å². The number of para-hydroxylation sites is 3. The molecule has 1 N–H and O–H groups in total. The summed E-state index contributed by atoms with van der Waals surface area (Å²) in [6.07, 6.45) is 0. The second-order valence-electron chi connectivity index (χ2n) is 15.7. The first-order valence-corrected chi connectivity index (χ1v) is 20.0. The fourth-order valence-corrected chi connectivity index (χ4v) is 11.0. The molecule has 10 aromatic rings. The molecule has 2 aliphatic rings. The van der Waals surface area contributed by atoms with Crippen molar-refractivity contribution < 1.29 is 0 Å². The van der Waals surface area contributed by atoms with Gasteiger partial charge in [-0.1, -0.05) is 129 Å². The van der Waals surface area contributed by atoms with E-state index in [1.807, 2.05) is 11.3 Å². The number of benzene rings is 8. The van der Waals surface area contributed by atoms with Gasteiger partial charge in [0.2, 0.25) is 0 Å². The van der Waals surface area contributed by atoms with E-state index < -0.39 is 0 Å². The fraction of sp³-hybridized carbons (Fsp3) is 0.0588. The third-order valence-corrected chi connectivity index (χ3v) is 13.5. The number of nitrogens with zero attached hydrogens (tertiary/aromatic N) is 1. The Hall–Kier alpha value is -6.36. The molecule has 1 aliphatic heterocycles. The van der Waals surface area contributed by atoms with Crippen LogP contribution in [0.15, 0.2) is 164 Å². The van der Waals surface area contributed by atoms with Crippen LogP contribution in [0.5, 0.6) is 0 Å². The van der Waals surface area contributed by atoms with Crippen LogP contribution in [0.3, 0.4) is 0 Å². The van der Waals surface area contributed by atoms with Gasteiger partial charge < -0.3 is 9.88 Å². The highest BCUT2D eigenvalue weighted by Gasteiger charge is 2.36. The lowest BCUT2D eigenvalue weighted by molar-refractivity contribution is 0.660. The van der Waals surface area contributed by atoms with Gasteiger partial charge in [-0.2, -0.15) is 0 Å². The van der Waals surface area contributed by atoms with Crippen LogP contribution < -0.4 is 16.2 Å². The molecule has 0 spiro atoms. The number of hydrogen-bond donors (Lipinski definition) is 1. The molecule has 258 valence electrons. The molecule has 8 aromatic carbocycles. The predicted molar refractivity (Wildman–Crippen MR) is 238 cm³/mol. The van der Waals surface area contributed by atoms with Crippen LogP contribution >= 0.6 is 11.3 Å². The van der Waals surface area contributed by atoms with Gasteiger partial charge in [-0.3, -0.25) is 0 Å². The highest BCUT2D eigenvalue weighted by Crippen LogP contribution is 2.51. The Morgan fingerprint density at radius 2 is 1.27 bits per heavy atom. The van der Waals surface area contributed by atoms with Crippen molar-refractivity contribution in [2.75, 3.05) is 5.32 Å². The molecule has 0 unspecified atom stereocenters. The van der Waals surface area contributed by atoms with Gasteiger partial charge in [-0.25, -0.2) is 0 Å². The van der Waals surface area contributed by atoms with E-state index in [-0.39, 0.29) is 5.41 Å². The highest BCUT2D eigenvalue weighted by molar-refractivity contribution is 7.26. The summed E-state index contributed by atoms with van der Waals surface area (Å²) in [6, 6.07) is 61.0. The normalized spacial score (nSPS) is 13.6. The van der Waals surface area contributed by atoms with Crippen molar-refractivity contribution in [3.8, 4) is 39.1 Å². The summed E-state index contributed by atoms with van der Waals surface area (Å²) in [5, 5.41) is 9.09. The Labute approximate surface area is 324 Å². The lowest BCUT2D eigenvalue weighted by Gasteiger charge is -2.26. The van der Waals surface area contributed by atoms with Crippen molar-refractivity contribution in [3.63, 3.8) is 0 Å². The van der Waals surface area contributed by atoms with Crippen LogP contribution in [0, 0.1) is 0 Å². The molecule has 4 heteroatoms. The van der Waals surface area contributed by atoms with Crippen LogP contribution in [0.4, 0.5) is 11.4 Å². The molecule has 0 atom stereocenters. The van der Waals surface area contributed by atoms with E-state index in [1.165, 1.54) is 103 Å². The Morgan fingerprint density at radius 1 is 0.545 bits per heavy atom. The molecule has 2 aromatic heterocycles. The van der Waals surface area contributed by atoms with Gasteiger partial charge in [0.05, 0.1) is 5.52 Å². The molecular weight excluding hydrogens is 683 g/mol. The Bertz CT molecular complexity index is 3240. The molecule has 0 amide bonds. The molecule has 12 rings (SSSR count). The number of nitrogens with one attached hydrogen (secondary N) is 1. The minimum Gasteiger partial charge on any atom is -0.355 e. The first-order valence-electron chi connectivity index (χ1n) is 19.2. The quantitative estimate of drug-likeness (QED) is 0.179. The summed E-state index contributed by atoms with van der Waals surface area (Å²) < 4.78 is 5.28. The topological polar surface area (TPSA) is 17.0 Å². The van der Waals surface area contributed by atoms with Crippen molar-refractivity contribution in [1.29, 1.82) is 0 Å². The average molecular weight is 719 g/mol. The lowest BCUT2D eigenvalue weighted by Crippen LogP contribution is -2.37. The van der Waals surface area contributed by atoms with Crippen LogP contribution in [0.2, 0.25) is 0 Å². The standard InChI is InChI=1S/C51H35BN2S/c1-51(2)40-20-10-6-16-32(40)33-25-24-30(26-41(33)51)37-27-39(34-17-7-11-21-43(34)53-31-14-4-3-5-15-31)49-50-48(37)36-19-8-12-22-44(36)54(50)45-28-38-35-18-9-13-23-46(35)55-47(38)29-42(45)52-49/h3-29,52-53H,1-2H3. The highest BCUT2D eigenvalue weighted by atomic mass is 32.1. The Morgan fingerprint density at radius 3 is 2.16 bits per heavy atom. The molecule has 0 radical (unpaired) electrons. The maximum Gasteiger partial charge on any atom is 0.198 e. The van der Waals surface area contributed by atoms with Crippen molar-refractivity contribution in [2.24, 2.45) is 0 Å². The van der Waals surface area contributed by atoms with Gasteiger partial charge in [0.25, 0.3) is 0 Å². The van der Waals surface area contributed by atoms with Gasteiger partial charge in [-0.05, 0) is 99.0 Å². The van der Waals surface area contributed by atoms with Gasteiger partial charge in [0, 0.05) is 64.5 Å². The van der Waals surface area contributed by atoms with E-state index in [4.69, 9.17) is 0 Å². The van der Waals surface area contributed by atoms with E-state index >= 15 is 0 Å². The molecule has 0 fully saturated rings. The van der Waals surface area contributed by atoms with Crippen molar-refractivity contribution >= 4 is 82.9 Å². The Balaban J connectivity index is 1.19. The molecule has 1 aliphatic carbocycles. The van der Waals surface area contributed by atoms with Crippen molar-refractivity contribution in [2.45, 2.75) is 19.3 Å². The molecule has 0 bridgehead atoms. The maximum absolute atomic E-state index is 3.80. The van der Waals surface area contributed by atoms with Crippen molar-refractivity contribution in [3.05, 3.63) is 175 Å². The minimum atomic E-state index is -0.0942. The van der Waals surface area contributed by atoms with Gasteiger partial charge >= 0.3 is 0 Å². The van der Waals surface area contributed by atoms with Crippen LogP contribution in [-0.4, -0.2) is 11.8 Å².